The quantitative estimate of drug-likeness (QED) is 0.808. The molecule has 0 amide bonds. The summed E-state index contributed by atoms with van der Waals surface area (Å²) in [5.41, 5.74) is 1.22. The summed E-state index contributed by atoms with van der Waals surface area (Å²) in [6, 6.07) is 4.71. The van der Waals surface area contributed by atoms with Gasteiger partial charge >= 0.3 is 0 Å². The predicted octanol–water partition coefficient (Wildman–Crippen LogP) is 3.09. The molecule has 1 heterocycles. The number of nitrogens with zero attached hydrogens (tertiary/aromatic N) is 2. The zero-order chi connectivity index (χ0) is 12.7. The molecule has 0 aromatic carbocycles. The van der Waals surface area contributed by atoms with Gasteiger partial charge in [0.25, 0.3) is 0 Å². The molecule has 4 heteroatoms. The minimum Gasteiger partial charge on any atom is -0.371 e. The molecule has 0 spiro atoms. The van der Waals surface area contributed by atoms with E-state index >= 15 is 0 Å². The van der Waals surface area contributed by atoms with Crippen molar-refractivity contribution >= 4 is 23.3 Å². The summed E-state index contributed by atoms with van der Waals surface area (Å²) in [5, 5.41) is 3.32. The number of pyridine rings is 1. The summed E-state index contributed by atoms with van der Waals surface area (Å²) in [6.07, 6.45) is 5.13. The van der Waals surface area contributed by atoms with E-state index in [-0.39, 0.29) is 0 Å². The van der Waals surface area contributed by atoms with E-state index in [1.165, 1.54) is 5.69 Å². The summed E-state index contributed by atoms with van der Waals surface area (Å²) in [7, 11) is 2.14. The van der Waals surface area contributed by atoms with Gasteiger partial charge in [-0.2, -0.15) is 11.8 Å². The number of rotatable bonds is 7. The van der Waals surface area contributed by atoms with Gasteiger partial charge in [0.05, 0.1) is 0 Å². The van der Waals surface area contributed by atoms with Gasteiger partial charge in [0.2, 0.25) is 0 Å². The summed E-state index contributed by atoms with van der Waals surface area (Å²) in [5.74, 6) is 2.10. The van der Waals surface area contributed by atoms with Gasteiger partial charge in [0.15, 0.2) is 0 Å². The lowest BCUT2D eigenvalue weighted by Gasteiger charge is -2.26. The maximum Gasteiger partial charge on any atom is 0.127 e. The molecule has 1 aromatic rings. The maximum absolute atomic E-state index is 4.32. The Balaban J connectivity index is 2.69. The van der Waals surface area contributed by atoms with E-state index in [2.05, 4.69) is 54.5 Å². The summed E-state index contributed by atoms with van der Waals surface area (Å²) < 4.78 is 0. The van der Waals surface area contributed by atoms with Crippen LogP contribution in [0.3, 0.4) is 0 Å². The Bertz CT molecular complexity index is 330. The first kappa shape index (κ1) is 14.2. The Morgan fingerprint density at radius 1 is 1.53 bits per heavy atom. The minimum atomic E-state index is 0.534. The summed E-state index contributed by atoms with van der Waals surface area (Å²) in [6.45, 7) is 5.38. The standard InChI is InChI=1S/C13H23N3S/c1-5-7-14-13-9-12(6-8-15-13)16(3)11(2)10-17-4/h6,8-9,11H,5,7,10H2,1-4H3,(H,14,15). The number of aromatic nitrogens is 1. The van der Waals surface area contributed by atoms with Gasteiger partial charge in [-0.1, -0.05) is 6.92 Å². The van der Waals surface area contributed by atoms with Crippen LogP contribution in [0.5, 0.6) is 0 Å². The Labute approximate surface area is 109 Å². The van der Waals surface area contributed by atoms with Gasteiger partial charge in [-0.25, -0.2) is 4.98 Å². The molecule has 0 saturated carbocycles. The molecule has 3 nitrogen and oxygen atoms in total. The van der Waals surface area contributed by atoms with E-state index in [1.54, 1.807) is 0 Å². The zero-order valence-corrected chi connectivity index (χ0v) is 12.0. The summed E-state index contributed by atoms with van der Waals surface area (Å²) in [4.78, 5) is 6.62. The van der Waals surface area contributed by atoms with Crippen LogP contribution in [0.25, 0.3) is 0 Å². The van der Waals surface area contributed by atoms with E-state index in [9.17, 15) is 0 Å². The first-order valence-corrected chi connectivity index (χ1v) is 7.50. The fraction of sp³-hybridized carbons (Fsp3) is 0.615. The molecule has 96 valence electrons. The predicted molar refractivity (Wildman–Crippen MR) is 79.3 cm³/mol. The lowest BCUT2D eigenvalue weighted by molar-refractivity contribution is 0.765. The SMILES string of the molecule is CCCNc1cc(N(C)C(C)CSC)ccn1. The lowest BCUT2D eigenvalue weighted by Crippen LogP contribution is -2.30. The molecule has 1 atom stereocenters. The second-order valence-corrected chi connectivity index (χ2v) is 5.15. The number of nitrogens with one attached hydrogen (secondary N) is 1. The lowest BCUT2D eigenvalue weighted by atomic mass is 10.3. The molecule has 0 saturated heterocycles. The molecule has 0 aliphatic carbocycles. The number of thioether (sulfide) groups is 1. The molecule has 0 aliphatic rings. The highest BCUT2D eigenvalue weighted by Gasteiger charge is 2.09. The zero-order valence-electron chi connectivity index (χ0n) is 11.2. The van der Waals surface area contributed by atoms with Crippen LogP contribution < -0.4 is 10.2 Å². The van der Waals surface area contributed by atoms with E-state index in [1.807, 2.05) is 18.0 Å². The van der Waals surface area contributed by atoms with Crippen molar-refractivity contribution in [2.24, 2.45) is 0 Å². The van der Waals surface area contributed by atoms with Gasteiger partial charge in [-0.15, -0.1) is 0 Å². The van der Waals surface area contributed by atoms with Crippen molar-refractivity contribution in [1.29, 1.82) is 0 Å². The molecular weight excluding hydrogens is 230 g/mol. The van der Waals surface area contributed by atoms with Crippen LogP contribution >= 0.6 is 11.8 Å². The summed E-state index contributed by atoms with van der Waals surface area (Å²) >= 11 is 1.88. The molecule has 1 rings (SSSR count). The van der Waals surface area contributed by atoms with Crippen LogP contribution in [-0.4, -0.2) is 36.6 Å². The topological polar surface area (TPSA) is 28.2 Å². The fourth-order valence-corrected chi connectivity index (χ4v) is 2.30. The van der Waals surface area contributed by atoms with Crippen LogP contribution in [-0.2, 0) is 0 Å². The van der Waals surface area contributed by atoms with Gasteiger partial charge in [0.1, 0.15) is 5.82 Å². The molecule has 17 heavy (non-hydrogen) atoms. The smallest absolute Gasteiger partial charge is 0.127 e. The monoisotopic (exact) mass is 253 g/mol. The van der Waals surface area contributed by atoms with Gasteiger partial charge in [-0.3, -0.25) is 0 Å². The van der Waals surface area contributed by atoms with Crippen molar-refractivity contribution in [3.8, 4) is 0 Å². The molecule has 0 radical (unpaired) electrons. The molecule has 1 unspecified atom stereocenters. The van der Waals surface area contributed by atoms with Crippen LogP contribution in [0.2, 0.25) is 0 Å². The number of hydrogen-bond donors (Lipinski definition) is 1. The molecular formula is C13H23N3S. The Hall–Kier alpha value is -0.900. The van der Waals surface area contributed by atoms with Crippen molar-refractivity contribution in [3.05, 3.63) is 18.3 Å². The highest BCUT2D eigenvalue weighted by molar-refractivity contribution is 7.98. The molecule has 1 N–H and O–H groups in total. The van der Waals surface area contributed by atoms with E-state index < -0.39 is 0 Å². The van der Waals surface area contributed by atoms with Crippen molar-refractivity contribution in [1.82, 2.24) is 4.98 Å². The minimum absolute atomic E-state index is 0.534. The number of anilines is 2. The Morgan fingerprint density at radius 3 is 2.94 bits per heavy atom. The maximum atomic E-state index is 4.32. The second-order valence-electron chi connectivity index (χ2n) is 4.24. The van der Waals surface area contributed by atoms with Crippen LogP contribution in [0.15, 0.2) is 18.3 Å². The molecule has 1 aromatic heterocycles. The fourth-order valence-electron chi connectivity index (χ4n) is 1.60. The van der Waals surface area contributed by atoms with Crippen LogP contribution in [0, 0.1) is 0 Å². The van der Waals surface area contributed by atoms with Crippen molar-refractivity contribution in [3.63, 3.8) is 0 Å². The average molecular weight is 253 g/mol. The normalized spacial score (nSPS) is 12.2. The van der Waals surface area contributed by atoms with E-state index in [0.29, 0.717) is 6.04 Å². The third kappa shape index (κ3) is 4.46. The molecule has 0 bridgehead atoms. The molecule has 0 fully saturated rings. The third-order valence-electron chi connectivity index (χ3n) is 2.78. The van der Waals surface area contributed by atoms with E-state index in [4.69, 9.17) is 0 Å². The van der Waals surface area contributed by atoms with Crippen molar-refractivity contribution in [2.45, 2.75) is 26.3 Å². The largest absolute Gasteiger partial charge is 0.371 e. The number of hydrogen-bond acceptors (Lipinski definition) is 4. The van der Waals surface area contributed by atoms with Gasteiger partial charge in [0, 0.05) is 43.3 Å². The average Bonchev–Trinajstić information content (AvgIpc) is 2.36. The highest BCUT2D eigenvalue weighted by Crippen LogP contribution is 2.19. The first-order chi connectivity index (χ1) is 8.19. The van der Waals surface area contributed by atoms with Gasteiger partial charge in [-0.05, 0) is 25.7 Å². The second kappa shape index (κ2) is 7.43. The Kier molecular flexibility index (Phi) is 6.19. The van der Waals surface area contributed by atoms with E-state index in [0.717, 1.165) is 24.5 Å². The van der Waals surface area contributed by atoms with Crippen molar-refractivity contribution in [2.75, 3.05) is 35.8 Å². The van der Waals surface area contributed by atoms with Gasteiger partial charge < -0.3 is 10.2 Å². The first-order valence-electron chi connectivity index (χ1n) is 6.10. The Morgan fingerprint density at radius 2 is 2.29 bits per heavy atom. The highest BCUT2D eigenvalue weighted by atomic mass is 32.2. The molecule has 0 aliphatic heterocycles. The van der Waals surface area contributed by atoms with Crippen LogP contribution in [0.1, 0.15) is 20.3 Å². The third-order valence-corrected chi connectivity index (χ3v) is 3.59. The van der Waals surface area contributed by atoms with Crippen molar-refractivity contribution < 1.29 is 0 Å². The van der Waals surface area contributed by atoms with Crippen LogP contribution in [0.4, 0.5) is 11.5 Å².